The molecular weight excluding hydrogens is 216 g/mol. The first-order valence-corrected chi connectivity index (χ1v) is 5.79. The van der Waals surface area contributed by atoms with Crippen LogP contribution in [-0.4, -0.2) is 15.1 Å². The Morgan fingerprint density at radius 3 is 2.94 bits per heavy atom. The van der Waals surface area contributed by atoms with E-state index in [-0.39, 0.29) is 6.04 Å². The maximum Gasteiger partial charge on any atom is 0.243 e. The number of pyridine rings is 1. The molecule has 0 saturated carbocycles. The molecule has 0 aliphatic heterocycles. The highest BCUT2D eigenvalue weighted by Crippen LogP contribution is 2.20. The van der Waals surface area contributed by atoms with Crippen LogP contribution in [0.3, 0.4) is 0 Å². The van der Waals surface area contributed by atoms with Gasteiger partial charge in [0.25, 0.3) is 0 Å². The summed E-state index contributed by atoms with van der Waals surface area (Å²) >= 11 is 0. The highest BCUT2D eigenvalue weighted by Gasteiger charge is 2.16. The first-order valence-electron chi connectivity index (χ1n) is 5.79. The monoisotopic (exact) mass is 232 g/mol. The minimum Gasteiger partial charge on any atom is -0.337 e. The fraction of sp³-hybridized carbons (Fsp3) is 0.417. The molecule has 2 aromatic rings. The summed E-state index contributed by atoms with van der Waals surface area (Å²) in [5, 5.41) is 3.94. The van der Waals surface area contributed by atoms with Gasteiger partial charge in [-0.2, -0.15) is 4.98 Å². The van der Waals surface area contributed by atoms with Crippen molar-refractivity contribution in [2.24, 2.45) is 5.73 Å². The Morgan fingerprint density at radius 1 is 1.41 bits per heavy atom. The van der Waals surface area contributed by atoms with E-state index in [1.54, 1.807) is 6.20 Å². The molecule has 5 heteroatoms. The third kappa shape index (κ3) is 2.34. The normalized spacial score (nSPS) is 12.6. The van der Waals surface area contributed by atoms with Gasteiger partial charge < -0.3 is 10.3 Å². The second kappa shape index (κ2) is 5.05. The molecule has 0 saturated heterocycles. The summed E-state index contributed by atoms with van der Waals surface area (Å²) in [6.07, 6.45) is 3.38. The van der Waals surface area contributed by atoms with Crippen LogP contribution in [0.15, 0.2) is 22.9 Å². The van der Waals surface area contributed by atoms with E-state index in [1.807, 2.05) is 19.1 Å². The van der Waals surface area contributed by atoms with E-state index in [4.69, 9.17) is 10.3 Å². The lowest BCUT2D eigenvalue weighted by Gasteiger charge is -2.01. The lowest BCUT2D eigenvalue weighted by Crippen LogP contribution is -2.08. The van der Waals surface area contributed by atoms with Gasteiger partial charge in [-0.3, -0.25) is 4.98 Å². The van der Waals surface area contributed by atoms with Gasteiger partial charge in [-0.05, 0) is 24.5 Å². The number of aryl methyl sites for hydroxylation is 1. The van der Waals surface area contributed by atoms with E-state index < -0.39 is 0 Å². The molecular formula is C12H16N4O. The van der Waals surface area contributed by atoms with Crippen molar-refractivity contribution in [2.75, 3.05) is 0 Å². The fourth-order valence-electron chi connectivity index (χ4n) is 1.58. The van der Waals surface area contributed by atoms with Crippen LogP contribution in [0.5, 0.6) is 0 Å². The molecule has 0 spiro atoms. The maximum atomic E-state index is 5.84. The Morgan fingerprint density at radius 2 is 2.24 bits per heavy atom. The predicted molar refractivity (Wildman–Crippen MR) is 64.1 cm³/mol. The highest BCUT2D eigenvalue weighted by atomic mass is 16.5. The van der Waals surface area contributed by atoms with Gasteiger partial charge in [-0.25, -0.2) is 0 Å². The van der Waals surface area contributed by atoms with Crippen molar-refractivity contribution in [1.82, 2.24) is 15.1 Å². The summed E-state index contributed by atoms with van der Waals surface area (Å²) in [5.41, 5.74) is 7.71. The van der Waals surface area contributed by atoms with E-state index in [1.165, 1.54) is 0 Å². The summed E-state index contributed by atoms with van der Waals surface area (Å²) in [5.74, 6) is 0.983. The molecule has 0 radical (unpaired) electrons. The minimum absolute atomic E-state index is 0.204. The van der Waals surface area contributed by atoms with Gasteiger partial charge in [-0.15, -0.1) is 0 Å². The van der Waals surface area contributed by atoms with Crippen LogP contribution in [0.4, 0.5) is 0 Å². The van der Waals surface area contributed by atoms with E-state index in [9.17, 15) is 0 Å². The third-order valence-corrected chi connectivity index (χ3v) is 2.68. The molecule has 2 N–H and O–H groups in total. The number of nitrogens with zero attached hydrogens (tertiary/aromatic N) is 3. The Balaban J connectivity index is 2.37. The topological polar surface area (TPSA) is 77.8 Å². The number of hydrogen-bond donors (Lipinski definition) is 1. The molecule has 17 heavy (non-hydrogen) atoms. The molecule has 0 aliphatic carbocycles. The van der Waals surface area contributed by atoms with Crippen LogP contribution >= 0.6 is 0 Å². The molecule has 5 nitrogen and oxygen atoms in total. The fourth-order valence-corrected chi connectivity index (χ4v) is 1.58. The summed E-state index contributed by atoms with van der Waals surface area (Å²) in [6, 6.07) is 3.71. The van der Waals surface area contributed by atoms with Gasteiger partial charge in [0.1, 0.15) is 5.69 Å². The smallest absolute Gasteiger partial charge is 0.243 e. The summed E-state index contributed by atoms with van der Waals surface area (Å²) in [6.45, 7) is 4.05. The summed E-state index contributed by atoms with van der Waals surface area (Å²) in [7, 11) is 0. The second-order valence-electron chi connectivity index (χ2n) is 3.84. The molecule has 2 rings (SSSR count). The van der Waals surface area contributed by atoms with Crippen molar-refractivity contribution < 1.29 is 4.52 Å². The molecule has 2 heterocycles. The Hall–Kier alpha value is -1.75. The van der Waals surface area contributed by atoms with E-state index >= 15 is 0 Å². The van der Waals surface area contributed by atoms with Crippen LogP contribution in [0.2, 0.25) is 0 Å². The predicted octanol–water partition coefficient (Wildman–Crippen LogP) is 2.10. The first-order chi connectivity index (χ1) is 8.26. The van der Waals surface area contributed by atoms with Crippen molar-refractivity contribution >= 4 is 0 Å². The van der Waals surface area contributed by atoms with Crippen LogP contribution in [-0.2, 0) is 6.42 Å². The lowest BCUT2D eigenvalue weighted by atomic mass is 10.1. The SMILES string of the molecule is CCc1cccnc1-c1noc([C@H](N)CC)n1. The molecule has 0 aromatic carbocycles. The van der Waals surface area contributed by atoms with E-state index in [0.717, 1.165) is 24.1 Å². The molecule has 0 unspecified atom stereocenters. The second-order valence-corrected chi connectivity index (χ2v) is 3.84. The quantitative estimate of drug-likeness (QED) is 0.873. The van der Waals surface area contributed by atoms with Gasteiger partial charge >= 0.3 is 0 Å². The Kier molecular flexibility index (Phi) is 3.49. The van der Waals surface area contributed by atoms with Gasteiger partial charge in [0.05, 0.1) is 6.04 Å². The van der Waals surface area contributed by atoms with Crippen molar-refractivity contribution in [1.29, 1.82) is 0 Å². The van der Waals surface area contributed by atoms with Crippen LogP contribution in [0, 0.1) is 0 Å². The number of aromatic nitrogens is 3. The summed E-state index contributed by atoms with van der Waals surface area (Å²) < 4.78 is 5.15. The van der Waals surface area contributed by atoms with Crippen LogP contribution < -0.4 is 5.73 Å². The zero-order valence-electron chi connectivity index (χ0n) is 10.1. The van der Waals surface area contributed by atoms with Crippen molar-refractivity contribution in [3.05, 3.63) is 29.8 Å². The zero-order chi connectivity index (χ0) is 12.3. The average molecular weight is 232 g/mol. The minimum atomic E-state index is -0.204. The Labute approximate surface area is 100 Å². The maximum absolute atomic E-state index is 5.84. The Bertz CT molecular complexity index is 495. The van der Waals surface area contributed by atoms with Gasteiger partial charge in [0.15, 0.2) is 0 Å². The van der Waals surface area contributed by atoms with Crippen molar-refractivity contribution in [3.63, 3.8) is 0 Å². The molecule has 90 valence electrons. The van der Waals surface area contributed by atoms with Gasteiger partial charge in [0, 0.05) is 6.20 Å². The molecule has 0 fully saturated rings. The number of nitrogens with two attached hydrogens (primary N) is 1. The number of hydrogen-bond acceptors (Lipinski definition) is 5. The largest absolute Gasteiger partial charge is 0.337 e. The van der Waals surface area contributed by atoms with Crippen LogP contribution in [0.25, 0.3) is 11.5 Å². The van der Waals surface area contributed by atoms with Crippen LogP contribution in [0.1, 0.15) is 37.8 Å². The third-order valence-electron chi connectivity index (χ3n) is 2.68. The van der Waals surface area contributed by atoms with E-state index in [0.29, 0.717) is 11.7 Å². The molecule has 2 aromatic heterocycles. The zero-order valence-corrected chi connectivity index (χ0v) is 10.1. The number of rotatable bonds is 4. The molecule has 0 bridgehead atoms. The first kappa shape index (κ1) is 11.7. The standard InChI is InChI=1S/C12H16N4O/c1-3-8-6-5-7-14-10(8)11-15-12(17-16-11)9(13)4-2/h5-7,9H,3-4,13H2,1-2H3/t9-/m1/s1. The lowest BCUT2D eigenvalue weighted by molar-refractivity contribution is 0.352. The summed E-state index contributed by atoms with van der Waals surface area (Å²) in [4.78, 5) is 8.59. The highest BCUT2D eigenvalue weighted by molar-refractivity contribution is 5.53. The van der Waals surface area contributed by atoms with E-state index in [2.05, 4.69) is 22.0 Å². The van der Waals surface area contributed by atoms with Crippen molar-refractivity contribution in [2.45, 2.75) is 32.7 Å². The molecule has 1 atom stereocenters. The molecule has 0 amide bonds. The van der Waals surface area contributed by atoms with Crippen molar-refractivity contribution in [3.8, 4) is 11.5 Å². The van der Waals surface area contributed by atoms with Gasteiger partial charge in [-0.1, -0.05) is 25.1 Å². The molecule has 0 aliphatic rings. The van der Waals surface area contributed by atoms with Gasteiger partial charge in [0.2, 0.25) is 11.7 Å². The average Bonchev–Trinajstić information content (AvgIpc) is 2.87.